The number of hydrogen-bond acceptors (Lipinski definition) is 5. The van der Waals surface area contributed by atoms with Gasteiger partial charge in [-0.3, -0.25) is 9.59 Å². The summed E-state index contributed by atoms with van der Waals surface area (Å²) >= 11 is 0. The third-order valence-electron chi connectivity index (χ3n) is 5.48. The second-order valence-corrected chi connectivity index (χ2v) is 9.70. The summed E-state index contributed by atoms with van der Waals surface area (Å²) in [5.74, 6) is -1.06. The molecule has 3 aromatic carbocycles. The monoisotopic (exact) mass is 503 g/mol. The minimum Gasteiger partial charge on any atom is -0.508 e. The van der Waals surface area contributed by atoms with Gasteiger partial charge in [-0.1, -0.05) is 48.5 Å². The van der Waals surface area contributed by atoms with E-state index in [9.17, 15) is 19.5 Å². The first-order valence-electron chi connectivity index (χ1n) is 12.0. The number of phenols is 1. The van der Waals surface area contributed by atoms with E-state index in [-0.39, 0.29) is 12.3 Å². The van der Waals surface area contributed by atoms with Crippen molar-refractivity contribution >= 4 is 34.4 Å². The molecule has 0 fully saturated rings. The standard InChI is InChI=1S/C29H33N3O5/c1-6-16-32(27(35)19(2)30-28(36)37-29(3,4)5)25(22-12-9-13-24(33)18-22)26(34)31-23-15-14-20-10-7-8-11-21(20)17-23/h6-15,17-19,25,33H,1,16H2,2-5H3,(H,30,36)(H,31,34). The lowest BCUT2D eigenvalue weighted by Crippen LogP contribution is -2.51. The van der Waals surface area contributed by atoms with Crippen LogP contribution in [0.15, 0.2) is 79.4 Å². The Labute approximate surface area is 216 Å². The number of hydrogen-bond donors (Lipinski definition) is 3. The number of carbonyl (C=O) groups is 3. The summed E-state index contributed by atoms with van der Waals surface area (Å²) in [5.41, 5.74) is 0.218. The highest BCUT2D eigenvalue weighted by Gasteiger charge is 2.34. The molecule has 194 valence electrons. The van der Waals surface area contributed by atoms with Gasteiger partial charge in [0.15, 0.2) is 0 Å². The van der Waals surface area contributed by atoms with Crippen LogP contribution in [0.25, 0.3) is 10.8 Å². The van der Waals surface area contributed by atoms with Crippen LogP contribution in [-0.4, -0.2) is 46.1 Å². The van der Waals surface area contributed by atoms with Crippen LogP contribution in [-0.2, 0) is 14.3 Å². The quantitative estimate of drug-likeness (QED) is 0.368. The number of rotatable bonds is 8. The van der Waals surface area contributed by atoms with Crippen molar-refractivity contribution in [1.29, 1.82) is 0 Å². The van der Waals surface area contributed by atoms with Crippen LogP contribution in [0.3, 0.4) is 0 Å². The molecule has 0 bridgehead atoms. The summed E-state index contributed by atoms with van der Waals surface area (Å²) in [7, 11) is 0. The number of aromatic hydroxyl groups is 1. The molecule has 0 heterocycles. The summed E-state index contributed by atoms with van der Waals surface area (Å²) in [6.07, 6.45) is 0.749. The van der Waals surface area contributed by atoms with E-state index in [1.165, 1.54) is 30.0 Å². The summed E-state index contributed by atoms with van der Waals surface area (Å²) in [5, 5.41) is 17.5. The normalized spacial score (nSPS) is 12.8. The first-order chi connectivity index (χ1) is 17.5. The van der Waals surface area contributed by atoms with Gasteiger partial charge in [0.2, 0.25) is 5.91 Å². The van der Waals surface area contributed by atoms with E-state index >= 15 is 0 Å². The van der Waals surface area contributed by atoms with Crippen molar-refractivity contribution in [3.63, 3.8) is 0 Å². The number of alkyl carbamates (subject to hydrolysis) is 1. The summed E-state index contributed by atoms with van der Waals surface area (Å²) < 4.78 is 5.27. The molecule has 0 radical (unpaired) electrons. The fraction of sp³-hybridized carbons (Fsp3) is 0.276. The SMILES string of the molecule is C=CCN(C(=O)C(C)NC(=O)OC(C)(C)C)C(C(=O)Nc1ccc2ccccc2c1)c1cccc(O)c1. The van der Waals surface area contributed by atoms with Crippen molar-refractivity contribution in [3.8, 4) is 5.75 Å². The number of benzene rings is 3. The van der Waals surface area contributed by atoms with Crippen LogP contribution in [0, 0.1) is 0 Å². The maximum absolute atomic E-state index is 13.7. The first kappa shape index (κ1) is 27.3. The number of anilines is 1. The topological polar surface area (TPSA) is 108 Å². The van der Waals surface area contributed by atoms with Crippen molar-refractivity contribution in [3.05, 3.63) is 84.9 Å². The highest BCUT2D eigenvalue weighted by Crippen LogP contribution is 2.27. The van der Waals surface area contributed by atoms with Gasteiger partial charge in [-0.25, -0.2) is 4.79 Å². The lowest BCUT2D eigenvalue weighted by atomic mass is 10.0. The van der Waals surface area contributed by atoms with Gasteiger partial charge >= 0.3 is 6.09 Å². The molecule has 0 aliphatic rings. The molecule has 3 amide bonds. The van der Waals surface area contributed by atoms with Crippen LogP contribution >= 0.6 is 0 Å². The van der Waals surface area contributed by atoms with E-state index in [0.717, 1.165) is 10.8 Å². The maximum Gasteiger partial charge on any atom is 0.408 e. The molecular weight excluding hydrogens is 470 g/mol. The smallest absolute Gasteiger partial charge is 0.408 e. The van der Waals surface area contributed by atoms with E-state index < -0.39 is 35.6 Å². The molecule has 0 aliphatic carbocycles. The second-order valence-electron chi connectivity index (χ2n) is 9.70. The number of amides is 3. The third-order valence-corrected chi connectivity index (χ3v) is 5.48. The number of fused-ring (bicyclic) bond motifs is 1. The van der Waals surface area contributed by atoms with Gasteiger partial charge in [0, 0.05) is 12.2 Å². The van der Waals surface area contributed by atoms with Crippen LogP contribution < -0.4 is 10.6 Å². The molecule has 2 unspecified atom stereocenters. The number of carbonyl (C=O) groups excluding carboxylic acids is 3. The van der Waals surface area contributed by atoms with Gasteiger partial charge in [0.25, 0.3) is 5.91 Å². The van der Waals surface area contributed by atoms with Crippen LogP contribution in [0.4, 0.5) is 10.5 Å². The fourth-order valence-electron chi connectivity index (χ4n) is 3.90. The van der Waals surface area contributed by atoms with E-state index in [2.05, 4.69) is 17.2 Å². The van der Waals surface area contributed by atoms with E-state index in [1.54, 1.807) is 39.0 Å². The lowest BCUT2D eigenvalue weighted by molar-refractivity contribution is -0.139. The summed E-state index contributed by atoms with van der Waals surface area (Å²) in [6.45, 7) is 10.4. The van der Waals surface area contributed by atoms with Crippen molar-refractivity contribution in [1.82, 2.24) is 10.2 Å². The molecule has 2 atom stereocenters. The minimum atomic E-state index is -1.12. The number of nitrogens with zero attached hydrogens (tertiary/aromatic N) is 1. The molecule has 0 saturated carbocycles. The Morgan fingerprint density at radius 3 is 2.38 bits per heavy atom. The molecule has 3 aromatic rings. The van der Waals surface area contributed by atoms with E-state index in [1.807, 2.05) is 36.4 Å². The molecule has 37 heavy (non-hydrogen) atoms. The highest BCUT2D eigenvalue weighted by atomic mass is 16.6. The van der Waals surface area contributed by atoms with Gasteiger partial charge in [0.05, 0.1) is 0 Å². The number of phenolic OH excluding ortho intramolecular Hbond substituents is 1. The predicted molar refractivity (Wildman–Crippen MR) is 144 cm³/mol. The van der Waals surface area contributed by atoms with Crippen molar-refractivity contribution in [2.24, 2.45) is 0 Å². The van der Waals surface area contributed by atoms with Gasteiger partial charge in [0.1, 0.15) is 23.4 Å². The second kappa shape index (κ2) is 11.6. The highest BCUT2D eigenvalue weighted by molar-refractivity contribution is 6.00. The lowest BCUT2D eigenvalue weighted by Gasteiger charge is -2.33. The largest absolute Gasteiger partial charge is 0.508 e. The minimum absolute atomic E-state index is 0.0185. The Bertz CT molecular complexity index is 1300. The Morgan fingerprint density at radius 1 is 1.03 bits per heavy atom. The van der Waals surface area contributed by atoms with Gasteiger partial charge < -0.3 is 25.4 Å². The Hall–Kier alpha value is -4.33. The van der Waals surface area contributed by atoms with Crippen LogP contribution in [0.5, 0.6) is 5.75 Å². The zero-order valence-corrected chi connectivity index (χ0v) is 21.5. The molecule has 3 rings (SSSR count). The zero-order chi connectivity index (χ0) is 27.2. The Balaban J connectivity index is 1.93. The maximum atomic E-state index is 13.7. The first-order valence-corrected chi connectivity index (χ1v) is 12.0. The molecule has 8 nitrogen and oxygen atoms in total. The van der Waals surface area contributed by atoms with Gasteiger partial charge in [-0.2, -0.15) is 0 Å². The summed E-state index contributed by atoms with van der Waals surface area (Å²) in [4.78, 5) is 40.8. The van der Waals surface area contributed by atoms with E-state index in [4.69, 9.17) is 4.74 Å². The van der Waals surface area contributed by atoms with Crippen LogP contribution in [0.1, 0.15) is 39.3 Å². The van der Waals surface area contributed by atoms with Crippen molar-refractivity contribution < 1.29 is 24.2 Å². The summed E-state index contributed by atoms with van der Waals surface area (Å²) in [6, 6.07) is 17.3. The zero-order valence-electron chi connectivity index (χ0n) is 21.5. The molecular formula is C29H33N3O5. The van der Waals surface area contributed by atoms with E-state index in [0.29, 0.717) is 11.3 Å². The average Bonchev–Trinajstić information content (AvgIpc) is 2.82. The van der Waals surface area contributed by atoms with Gasteiger partial charge in [-0.05, 0) is 68.3 Å². The predicted octanol–water partition coefficient (Wildman–Crippen LogP) is 5.15. The Morgan fingerprint density at radius 2 is 1.73 bits per heavy atom. The number of nitrogens with one attached hydrogen (secondary N) is 2. The molecule has 0 aliphatic heterocycles. The molecule has 0 aromatic heterocycles. The molecule has 0 spiro atoms. The van der Waals surface area contributed by atoms with Crippen molar-refractivity contribution in [2.45, 2.75) is 45.4 Å². The number of ether oxygens (including phenoxy) is 1. The molecule has 0 saturated heterocycles. The molecule has 8 heteroatoms. The third kappa shape index (κ3) is 7.33. The Kier molecular flexibility index (Phi) is 8.55. The average molecular weight is 504 g/mol. The fourth-order valence-corrected chi connectivity index (χ4v) is 3.90. The van der Waals surface area contributed by atoms with Crippen LogP contribution in [0.2, 0.25) is 0 Å². The molecule has 3 N–H and O–H groups in total. The van der Waals surface area contributed by atoms with Crippen molar-refractivity contribution in [2.75, 3.05) is 11.9 Å². The van der Waals surface area contributed by atoms with Gasteiger partial charge in [-0.15, -0.1) is 6.58 Å².